The van der Waals surface area contributed by atoms with Crippen LogP contribution >= 0.6 is 15.9 Å². The molecular formula is C11H12BrN3. The van der Waals surface area contributed by atoms with E-state index in [1.54, 1.807) is 0 Å². The molecule has 0 unspecified atom stereocenters. The van der Waals surface area contributed by atoms with Crippen molar-refractivity contribution < 1.29 is 0 Å². The molecule has 1 heterocycles. The van der Waals surface area contributed by atoms with Crippen LogP contribution in [0.15, 0.2) is 41.3 Å². The van der Waals surface area contributed by atoms with Crippen molar-refractivity contribution in [3.63, 3.8) is 0 Å². The molecule has 1 aromatic carbocycles. The Balaban J connectivity index is 2.14. The topological polar surface area (TPSA) is 43.8 Å². The van der Waals surface area contributed by atoms with E-state index < -0.39 is 0 Å². The Hall–Kier alpha value is -1.13. The second kappa shape index (κ2) is 4.59. The normalized spacial score (nSPS) is 10.5. The van der Waals surface area contributed by atoms with Gasteiger partial charge in [-0.3, -0.25) is 0 Å². The van der Waals surface area contributed by atoms with E-state index in [0.717, 1.165) is 16.7 Å². The number of hydrogen-bond donors (Lipinski definition) is 1. The molecule has 0 atom stereocenters. The first-order valence-corrected chi connectivity index (χ1v) is 5.52. The zero-order valence-electron chi connectivity index (χ0n) is 8.23. The van der Waals surface area contributed by atoms with Gasteiger partial charge in [0, 0.05) is 23.8 Å². The summed E-state index contributed by atoms with van der Waals surface area (Å²) in [5, 5.41) is 0. The summed E-state index contributed by atoms with van der Waals surface area (Å²) in [6.45, 7) is 1.32. The largest absolute Gasteiger partial charge is 0.333 e. The van der Waals surface area contributed by atoms with Crippen LogP contribution in [0.2, 0.25) is 0 Å². The maximum atomic E-state index is 5.50. The van der Waals surface area contributed by atoms with Crippen molar-refractivity contribution in [1.82, 2.24) is 9.55 Å². The fourth-order valence-electron chi connectivity index (χ4n) is 1.44. The Morgan fingerprint density at radius 1 is 1.40 bits per heavy atom. The molecule has 0 aliphatic rings. The van der Waals surface area contributed by atoms with Gasteiger partial charge < -0.3 is 10.3 Å². The van der Waals surface area contributed by atoms with E-state index in [9.17, 15) is 0 Å². The number of rotatable bonds is 3. The predicted molar refractivity (Wildman–Crippen MR) is 63.4 cm³/mol. The Kier molecular flexibility index (Phi) is 3.18. The maximum Gasteiger partial charge on any atom is 0.0953 e. The highest BCUT2D eigenvalue weighted by molar-refractivity contribution is 9.10. The lowest BCUT2D eigenvalue weighted by Crippen LogP contribution is -1.98. The molecule has 0 aliphatic heterocycles. The van der Waals surface area contributed by atoms with Gasteiger partial charge in [-0.1, -0.05) is 28.1 Å². The van der Waals surface area contributed by atoms with Gasteiger partial charge in [0.05, 0.1) is 12.0 Å². The number of hydrogen-bond acceptors (Lipinski definition) is 2. The van der Waals surface area contributed by atoms with E-state index in [1.165, 1.54) is 5.56 Å². The van der Waals surface area contributed by atoms with Crippen LogP contribution in [0.25, 0.3) is 0 Å². The molecule has 2 aromatic rings. The third kappa shape index (κ3) is 2.67. The summed E-state index contributed by atoms with van der Waals surface area (Å²) in [6.07, 6.45) is 3.78. The molecule has 1 aromatic heterocycles. The van der Waals surface area contributed by atoms with Crippen molar-refractivity contribution in [2.75, 3.05) is 0 Å². The predicted octanol–water partition coefficient (Wildman–Crippen LogP) is 2.15. The van der Waals surface area contributed by atoms with Gasteiger partial charge in [0.1, 0.15) is 0 Å². The minimum absolute atomic E-state index is 0.492. The summed E-state index contributed by atoms with van der Waals surface area (Å²) in [6, 6.07) is 8.23. The van der Waals surface area contributed by atoms with Crippen molar-refractivity contribution in [1.29, 1.82) is 0 Å². The number of nitrogens with zero attached hydrogens (tertiary/aromatic N) is 2. The standard InChI is InChI=1S/C11H12BrN3/c12-10-3-1-2-9(4-10)6-15-7-11(5-13)14-8-15/h1-4,7-8H,5-6,13H2. The first kappa shape index (κ1) is 10.4. The van der Waals surface area contributed by atoms with E-state index in [4.69, 9.17) is 5.73 Å². The average Bonchev–Trinajstić information content (AvgIpc) is 2.65. The molecule has 0 radical (unpaired) electrons. The summed E-state index contributed by atoms with van der Waals surface area (Å²) in [4.78, 5) is 4.18. The van der Waals surface area contributed by atoms with Gasteiger partial charge in [0.25, 0.3) is 0 Å². The summed E-state index contributed by atoms with van der Waals surface area (Å²) >= 11 is 3.45. The second-order valence-corrected chi connectivity index (χ2v) is 4.29. The van der Waals surface area contributed by atoms with Gasteiger partial charge in [0.2, 0.25) is 0 Å². The minimum atomic E-state index is 0.492. The van der Waals surface area contributed by atoms with Crippen LogP contribution in [-0.4, -0.2) is 9.55 Å². The quantitative estimate of drug-likeness (QED) is 0.925. The number of aromatic nitrogens is 2. The van der Waals surface area contributed by atoms with Crippen LogP contribution in [0.3, 0.4) is 0 Å². The lowest BCUT2D eigenvalue weighted by molar-refractivity contribution is 0.795. The fraction of sp³-hybridized carbons (Fsp3) is 0.182. The van der Waals surface area contributed by atoms with Crippen LogP contribution in [-0.2, 0) is 13.1 Å². The van der Waals surface area contributed by atoms with E-state index in [0.29, 0.717) is 6.54 Å². The molecule has 2 rings (SSSR count). The molecule has 0 fully saturated rings. The van der Waals surface area contributed by atoms with Crippen molar-refractivity contribution in [2.24, 2.45) is 5.73 Å². The number of nitrogens with two attached hydrogens (primary N) is 1. The Bertz CT molecular complexity index is 451. The molecule has 0 aliphatic carbocycles. The van der Waals surface area contributed by atoms with E-state index >= 15 is 0 Å². The number of halogens is 1. The molecule has 78 valence electrons. The highest BCUT2D eigenvalue weighted by atomic mass is 79.9. The molecular weight excluding hydrogens is 254 g/mol. The van der Waals surface area contributed by atoms with Crippen LogP contribution in [0.1, 0.15) is 11.3 Å². The van der Waals surface area contributed by atoms with Crippen LogP contribution in [0, 0.1) is 0 Å². The number of benzene rings is 1. The van der Waals surface area contributed by atoms with Crippen LogP contribution in [0.5, 0.6) is 0 Å². The smallest absolute Gasteiger partial charge is 0.0953 e. The summed E-state index contributed by atoms with van der Waals surface area (Å²) < 4.78 is 3.13. The molecule has 4 heteroatoms. The van der Waals surface area contributed by atoms with Gasteiger partial charge in [-0.05, 0) is 17.7 Å². The van der Waals surface area contributed by atoms with Crippen LogP contribution in [0.4, 0.5) is 0 Å². The van der Waals surface area contributed by atoms with Crippen LogP contribution < -0.4 is 5.73 Å². The zero-order valence-corrected chi connectivity index (χ0v) is 9.81. The van der Waals surface area contributed by atoms with Gasteiger partial charge >= 0.3 is 0 Å². The summed E-state index contributed by atoms with van der Waals surface area (Å²) in [5.41, 5.74) is 7.66. The average molecular weight is 266 g/mol. The lowest BCUT2D eigenvalue weighted by atomic mass is 10.2. The van der Waals surface area contributed by atoms with E-state index in [-0.39, 0.29) is 0 Å². The van der Waals surface area contributed by atoms with E-state index in [2.05, 4.69) is 33.0 Å². The summed E-state index contributed by atoms with van der Waals surface area (Å²) in [7, 11) is 0. The van der Waals surface area contributed by atoms with Crippen molar-refractivity contribution in [2.45, 2.75) is 13.1 Å². The molecule has 15 heavy (non-hydrogen) atoms. The molecule has 3 nitrogen and oxygen atoms in total. The minimum Gasteiger partial charge on any atom is -0.333 e. The highest BCUT2D eigenvalue weighted by Crippen LogP contribution is 2.12. The van der Waals surface area contributed by atoms with Gasteiger partial charge in [-0.15, -0.1) is 0 Å². The van der Waals surface area contributed by atoms with E-state index in [1.807, 2.05) is 29.2 Å². The Morgan fingerprint density at radius 2 is 2.27 bits per heavy atom. The number of imidazole rings is 1. The SMILES string of the molecule is NCc1cn(Cc2cccc(Br)c2)cn1. The summed E-state index contributed by atoms with van der Waals surface area (Å²) in [5.74, 6) is 0. The fourth-order valence-corrected chi connectivity index (χ4v) is 1.89. The van der Waals surface area contributed by atoms with Gasteiger partial charge in [-0.25, -0.2) is 4.98 Å². The van der Waals surface area contributed by atoms with Gasteiger partial charge in [0.15, 0.2) is 0 Å². The molecule has 0 saturated carbocycles. The highest BCUT2D eigenvalue weighted by Gasteiger charge is 1.98. The Labute approximate surface area is 97.1 Å². The van der Waals surface area contributed by atoms with Crippen molar-refractivity contribution in [3.05, 3.63) is 52.5 Å². The zero-order chi connectivity index (χ0) is 10.7. The molecule has 0 spiro atoms. The lowest BCUT2D eigenvalue weighted by Gasteiger charge is -2.02. The molecule has 0 amide bonds. The van der Waals surface area contributed by atoms with Crippen molar-refractivity contribution in [3.8, 4) is 0 Å². The van der Waals surface area contributed by atoms with Gasteiger partial charge in [-0.2, -0.15) is 0 Å². The molecule has 0 bridgehead atoms. The van der Waals surface area contributed by atoms with Crippen molar-refractivity contribution >= 4 is 15.9 Å². The molecule has 0 saturated heterocycles. The first-order chi connectivity index (χ1) is 7.28. The third-order valence-corrected chi connectivity index (χ3v) is 2.64. The maximum absolute atomic E-state index is 5.50. The first-order valence-electron chi connectivity index (χ1n) is 4.73. The second-order valence-electron chi connectivity index (χ2n) is 3.37. The third-order valence-electron chi connectivity index (χ3n) is 2.15. The monoisotopic (exact) mass is 265 g/mol. The Morgan fingerprint density at radius 3 is 2.93 bits per heavy atom. The molecule has 2 N–H and O–H groups in total.